The number of likely N-dealkylation sites (tertiary alicyclic amines) is 1. The summed E-state index contributed by atoms with van der Waals surface area (Å²) in [5, 5.41) is 13.6. The number of nitrogens with zero attached hydrogens (tertiary/aromatic N) is 1. The lowest BCUT2D eigenvalue weighted by atomic mass is 9.93. The Morgan fingerprint density at radius 2 is 2.00 bits per heavy atom. The van der Waals surface area contributed by atoms with Crippen molar-refractivity contribution in [3.8, 4) is 11.5 Å². The van der Waals surface area contributed by atoms with Gasteiger partial charge in [-0.2, -0.15) is 0 Å². The van der Waals surface area contributed by atoms with E-state index in [0.29, 0.717) is 49.5 Å². The lowest BCUT2D eigenvalue weighted by molar-refractivity contribution is -0.00191. The van der Waals surface area contributed by atoms with Gasteiger partial charge in [-0.1, -0.05) is 6.07 Å². The van der Waals surface area contributed by atoms with Crippen molar-refractivity contribution in [2.24, 2.45) is 5.92 Å². The van der Waals surface area contributed by atoms with Crippen molar-refractivity contribution in [1.29, 1.82) is 0 Å². The molecular weight excluding hydrogens is 372 g/mol. The number of fused-ring (bicyclic) bond motifs is 1. The summed E-state index contributed by atoms with van der Waals surface area (Å²) >= 11 is 0. The average Bonchev–Trinajstić information content (AvgIpc) is 3.09. The Bertz CT molecular complexity index is 719. The maximum absolute atomic E-state index is 12.8. The molecule has 2 N–H and O–H groups in total. The van der Waals surface area contributed by atoms with E-state index in [1.807, 2.05) is 13.0 Å². The predicted octanol–water partition coefficient (Wildman–Crippen LogP) is 1.75. The van der Waals surface area contributed by atoms with Crippen molar-refractivity contribution in [1.82, 2.24) is 10.2 Å². The van der Waals surface area contributed by atoms with Gasteiger partial charge in [0.15, 0.2) is 11.5 Å². The van der Waals surface area contributed by atoms with Gasteiger partial charge in [0.2, 0.25) is 0 Å². The third-order valence-electron chi connectivity index (χ3n) is 6.15. The Morgan fingerprint density at radius 1 is 1.17 bits per heavy atom. The second-order valence-electron chi connectivity index (χ2n) is 8.36. The molecule has 7 heteroatoms. The van der Waals surface area contributed by atoms with Crippen LogP contribution in [0.1, 0.15) is 41.6 Å². The summed E-state index contributed by atoms with van der Waals surface area (Å²) in [7, 11) is 0. The number of benzene rings is 1. The number of carbonyl (C=O) groups is 1. The molecule has 7 nitrogen and oxygen atoms in total. The normalized spacial score (nSPS) is 27.4. The third-order valence-corrected chi connectivity index (χ3v) is 6.15. The van der Waals surface area contributed by atoms with Crippen molar-refractivity contribution in [2.75, 3.05) is 46.0 Å². The molecule has 3 unspecified atom stereocenters. The zero-order valence-electron chi connectivity index (χ0n) is 17.2. The molecule has 3 aliphatic heterocycles. The van der Waals surface area contributed by atoms with Gasteiger partial charge in [0.05, 0.1) is 31.0 Å². The highest BCUT2D eigenvalue weighted by Gasteiger charge is 2.30. The fraction of sp³-hybridized carbons (Fsp3) is 0.682. The summed E-state index contributed by atoms with van der Waals surface area (Å²) in [6.45, 7) is 6.85. The smallest absolute Gasteiger partial charge is 0.255 e. The summed E-state index contributed by atoms with van der Waals surface area (Å²) in [5.74, 6) is 1.08. The molecule has 1 aromatic rings. The molecule has 3 aliphatic rings. The van der Waals surface area contributed by atoms with Crippen LogP contribution in [0, 0.1) is 12.8 Å². The van der Waals surface area contributed by atoms with Gasteiger partial charge < -0.3 is 24.6 Å². The van der Waals surface area contributed by atoms with Crippen molar-refractivity contribution in [2.45, 2.75) is 44.8 Å². The van der Waals surface area contributed by atoms with Crippen LogP contribution in [-0.4, -0.2) is 74.1 Å². The first-order chi connectivity index (χ1) is 14.1. The van der Waals surface area contributed by atoms with Crippen LogP contribution in [0.15, 0.2) is 12.1 Å². The Morgan fingerprint density at radius 3 is 2.76 bits per heavy atom. The monoisotopic (exact) mass is 404 g/mol. The molecule has 0 radical (unpaired) electrons. The first kappa shape index (κ1) is 20.4. The second kappa shape index (κ2) is 9.32. The first-order valence-corrected chi connectivity index (χ1v) is 10.8. The summed E-state index contributed by atoms with van der Waals surface area (Å²) in [6, 6.07) is 3.68. The van der Waals surface area contributed by atoms with Gasteiger partial charge >= 0.3 is 0 Å². The van der Waals surface area contributed by atoms with Crippen LogP contribution < -0.4 is 14.8 Å². The molecule has 29 heavy (non-hydrogen) atoms. The number of piperidine rings is 1. The van der Waals surface area contributed by atoms with Crippen molar-refractivity contribution < 1.29 is 24.1 Å². The van der Waals surface area contributed by atoms with E-state index in [1.54, 1.807) is 6.07 Å². The highest BCUT2D eigenvalue weighted by atomic mass is 16.5. The number of hydrogen-bond acceptors (Lipinski definition) is 6. The van der Waals surface area contributed by atoms with E-state index in [1.165, 1.54) is 0 Å². The minimum Gasteiger partial charge on any atom is -0.489 e. The molecular formula is C22H32N2O5. The molecule has 0 bridgehead atoms. The number of rotatable bonds is 5. The van der Waals surface area contributed by atoms with Gasteiger partial charge in [-0.05, 0) is 44.4 Å². The number of hydrogen-bond donors (Lipinski definition) is 2. The van der Waals surface area contributed by atoms with E-state index in [2.05, 4.69) is 10.2 Å². The zero-order valence-corrected chi connectivity index (χ0v) is 17.2. The molecule has 3 atom stereocenters. The Hall–Kier alpha value is -1.83. The molecule has 3 heterocycles. The van der Waals surface area contributed by atoms with Gasteiger partial charge in [-0.25, -0.2) is 0 Å². The fourth-order valence-electron chi connectivity index (χ4n) is 4.41. The van der Waals surface area contributed by atoms with E-state index < -0.39 is 6.10 Å². The van der Waals surface area contributed by atoms with E-state index in [0.717, 1.165) is 50.9 Å². The molecule has 1 amide bonds. The summed E-state index contributed by atoms with van der Waals surface area (Å²) in [5.41, 5.74) is 1.46. The quantitative estimate of drug-likeness (QED) is 0.778. The fourth-order valence-corrected chi connectivity index (χ4v) is 4.41. The van der Waals surface area contributed by atoms with Gasteiger partial charge in [-0.15, -0.1) is 0 Å². The van der Waals surface area contributed by atoms with Crippen LogP contribution in [0.3, 0.4) is 0 Å². The van der Waals surface area contributed by atoms with Gasteiger partial charge in [0, 0.05) is 38.6 Å². The number of nitrogens with one attached hydrogen (secondary N) is 1. The molecule has 4 rings (SSSR count). The van der Waals surface area contributed by atoms with E-state index in [4.69, 9.17) is 14.2 Å². The van der Waals surface area contributed by atoms with Crippen molar-refractivity contribution in [3.63, 3.8) is 0 Å². The lowest BCUT2D eigenvalue weighted by Crippen LogP contribution is -2.49. The molecule has 0 saturated carbocycles. The molecule has 0 aromatic heterocycles. The van der Waals surface area contributed by atoms with Crippen LogP contribution in [0.2, 0.25) is 0 Å². The molecule has 2 saturated heterocycles. The van der Waals surface area contributed by atoms with E-state index in [-0.39, 0.29) is 11.8 Å². The number of amides is 1. The maximum Gasteiger partial charge on any atom is 0.255 e. The number of β-amino-alcohol motifs (C(OH)–C–C–N with tert-alkyl or cyclic N) is 1. The molecule has 160 valence electrons. The molecule has 2 fully saturated rings. The number of aliphatic hydroxyl groups excluding tert-OH is 1. The molecule has 0 aliphatic carbocycles. The van der Waals surface area contributed by atoms with Crippen LogP contribution >= 0.6 is 0 Å². The minimum absolute atomic E-state index is 0.0564. The highest BCUT2D eigenvalue weighted by molar-refractivity contribution is 5.98. The zero-order chi connectivity index (χ0) is 20.2. The van der Waals surface area contributed by atoms with Crippen molar-refractivity contribution in [3.05, 3.63) is 23.3 Å². The standard InChI is InChI=1S/C22H32N2O5/c1-15-5-6-18(21-20(15)28-10-3-11-29-21)22(26)23-12-16-7-8-24(14-19(16)25)13-17-4-2-9-27-17/h5-6,16-17,19,25H,2-4,7-14H2,1H3,(H,23,26). The third kappa shape index (κ3) is 4.85. The Labute approximate surface area is 172 Å². The van der Waals surface area contributed by atoms with Gasteiger partial charge in [-0.3, -0.25) is 9.69 Å². The SMILES string of the molecule is Cc1ccc(C(=O)NCC2CCN(CC3CCCO3)CC2O)c2c1OCCCO2. The first-order valence-electron chi connectivity index (χ1n) is 10.8. The Balaban J connectivity index is 1.32. The predicted molar refractivity (Wildman–Crippen MR) is 109 cm³/mol. The molecule has 1 aromatic carbocycles. The largest absolute Gasteiger partial charge is 0.489 e. The minimum atomic E-state index is -0.444. The second-order valence-corrected chi connectivity index (χ2v) is 8.36. The number of aliphatic hydroxyl groups is 1. The summed E-state index contributed by atoms with van der Waals surface area (Å²) < 4.78 is 17.3. The number of carbonyl (C=O) groups excluding carboxylic acids is 1. The summed E-state index contributed by atoms with van der Waals surface area (Å²) in [4.78, 5) is 15.1. The summed E-state index contributed by atoms with van der Waals surface area (Å²) in [6.07, 6.45) is 3.76. The van der Waals surface area contributed by atoms with Gasteiger partial charge in [0.25, 0.3) is 5.91 Å². The lowest BCUT2D eigenvalue weighted by Gasteiger charge is -2.37. The maximum atomic E-state index is 12.8. The van der Waals surface area contributed by atoms with Crippen LogP contribution in [-0.2, 0) is 4.74 Å². The number of aryl methyl sites for hydroxylation is 1. The Kier molecular flexibility index (Phi) is 6.57. The number of ether oxygens (including phenoxy) is 3. The molecule has 0 spiro atoms. The van der Waals surface area contributed by atoms with Gasteiger partial charge in [0.1, 0.15) is 0 Å². The van der Waals surface area contributed by atoms with Crippen LogP contribution in [0.25, 0.3) is 0 Å². The van der Waals surface area contributed by atoms with E-state index >= 15 is 0 Å². The van der Waals surface area contributed by atoms with Crippen LogP contribution in [0.4, 0.5) is 0 Å². The van der Waals surface area contributed by atoms with Crippen molar-refractivity contribution >= 4 is 5.91 Å². The van der Waals surface area contributed by atoms with Crippen LogP contribution in [0.5, 0.6) is 11.5 Å². The highest BCUT2D eigenvalue weighted by Crippen LogP contribution is 2.36. The topological polar surface area (TPSA) is 80.3 Å². The van der Waals surface area contributed by atoms with E-state index in [9.17, 15) is 9.90 Å². The average molecular weight is 405 g/mol.